The summed E-state index contributed by atoms with van der Waals surface area (Å²) in [5, 5.41) is 3.13. The maximum absolute atomic E-state index is 13.0. The number of urea groups is 1. The number of carbonyl (C=O) groups is 1. The lowest BCUT2D eigenvalue weighted by Gasteiger charge is -2.30. The fraction of sp³-hybridized carbons (Fsp3) is 0.455. The summed E-state index contributed by atoms with van der Waals surface area (Å²) in [6.07, 6.45) is 3.87. The molecule has 1 atom stereocenters. The Morgan fingerprint density at radius 3 is 2.82 bits per heavy atom. The Kier molecular flexibility index (Phi) is 5.76. The zero-order chi connectivity index (χ0) is 19.3. The molecule has 2 aliphatic rings. The first-order valence-electron chi connectivity index (χ1n) is 10.1. The second-order valence-corrected chi connectivity index (χ2v) is 7.45. The van der Waals surface area contributed by atoms with Gasteiger partial charge in [-0.25, -0.2) is 9.78 Å². The molecule has 0 spiro atoms. The molecule has 2 saturated heterocycles. The number of hydrogen-bond acceptors (Lipinski definition) is 4. The summed E-state index contributed by atoms with van der Waals surface area (Å²) >= 11 is 0. The first-order chi connectivity index (χ1) is 13.7. The van der Waals surface area contributed by atoms with E-state index >= 15 is 0 Å². The Morgan fingerprint density at radius 1 is 1.18 bits per heavy atom. The lowest BCUT2D eigenvalue weighted by molar-refractivity contribution is 0.122. The molecule has 2 amide bonds. The molecule has 2 aromatic rings. The van der Waals surface area contributed by atoms with E-state index in [1.54, 1.807) is 0 Å². The number of ether oxygens (including phenoxy) is 1. The summed E-state index contributed by atoms with van der Waals surface area (Å²) in [4.78, 5) is 21.7. The van der Waals surface area contributed by atoms with Crippen molar-refractivity contribution in [2.24, 2.45) is 0 Å². The fourth-order valence-electron chi connectivity index (χ4n) is 4.19. The summed E-state index contributed by atoms with van der Waals surface area (Å²) in [6.45, 7) is 6.50. The van der Waals surface area contributed by atoms with Crippen LogP contribution in [0.25, 0.3) is 0 Å². The number of aryl methyl sites for hydroxylation is 1. The highest BCUT2D eigenvalue weighted by Crippen LogP contribution is 2.33. The lowest BCUT2D eigenvalue weighted by atomic mass is 9.99. The minimum Gasteiger partial charge on any atom is -0.378 e. The average molecular weight is 380 g/mol. The van der Waals surface area contributed by atoms with E-state index in [0.29, 0.717) is 19.8 Å². The fourth-order valence-corrected chi connectivity index (χ4v) is 4.19. The number of aromatic nitrogens is 1. The summed E-state index contributed by atoms with van der Waals surface area (Å²) in [7, 11) is 0. The molecule has 0 aliphatic carbocycles. The molecule has 28 heavy (non-hydrogen) atoms. The maximum Gasteiger partial charge on any atom is 0.318 e. The minimum absolute atomic E-state index is 0.00235. The molecule has 3 heterocycles. The average Bonchev–Trinajstić information content (AvgIpc) is 3.23. The second kappa shape index (κ2) is 8.61. The van der Waals surface area contributed by atoms with Crippen molar-refractivity contribution in [1.29, 1.82) is 0 Å². The van der Waals surface area contributed by atoms with E-state index in [-0.39, 0.29) is 12.1 Å². The number of nitrogens with one attached hydrogen (secondary N) is 1. The van der Waals surface area contributed by atoms with Crippen LogP contribution >= 0.6 is 0 Å². The van der Waals surface area contributed by atoms with Crippen LogP contribution in [0, 0.1) is 6.92 Å². The van der Waals surface area contributed by atoms with E-state index in [4.69, 9.17) is 4.74 Å². The topological polar surface area (TPSA) is 57.7 Å². The number of benzene rings is 1. The highest BCUT2D eigenvalue weighted by Gasteiger charge is 2.30. The number of anilines is 1. The van der Waals surface area contributed by atoms with Crippen molar-refractivity contribution in [2.75, 3.05) is 37.7 Å². The van der Waals surface area contributed by atoms with Crippen LogP contribution in [0.2, 0.25) is 0 Å². The molecule has 1 aromatic carbocycles. The number of nitrogens with zero attached hydrogens (tertiary/aromatic N) is 3. The molecule has 6 heteroatoms. The van der Waals surface area contributed by atoms with Crippen molar-refractivity contribution < 1.29 is 9.53 Å². The highest BCUT2D eigenvalue weighted by molar-refractivity contribution is 5.75. The largest absolute Gasteiger partial charge is 0.378 e. The number of pyridine rings is 1. The van der Waals surface area contributed by atoms with Crippen molar-refractivity contribution in [2.45, 2.75) is 32.4 Å². The van der Waals surface area contributed by atoms with E-state index in [1.807, 2.05) is 29.3 Å². The third-order valence-corrected chi connectivity index (χ3v) is 5.67. The summed E-state index contributed by atoms with van der Waals surface area (Å²) in [6, 6.07) is 12.5. The number of amides is 2. The molecule has 1 unspecified atom stereocenters. The predicted molar refractivity (Wildman–Crippen MR) is 109 cm³/mol. The molecule has 1 aromatic heterocycles. The van der Waals surface area contributed by atoms with Gasteiger partial charge in [0.15, 0.2) is 0 Å². The normalized spacial score (nSPS) is 19.7. The first-order valence-corrected chi connectivity index (χ1v) is 10.1. The molecule has 0 saturated carbocycles. The van der Waals surface area contributed by atoms with Crippen molar-refractivity contribution in [3.63, 3.8) is 0 Å². The van der Waals surface area contributed by atoms with Crippen LogP contribution in [0.1, 0.15) is 35.6 Å². The van der Waals surface area contributed by atoms with Crippen LogP contribution in [0.15, 0.2) is 42.6 Å². The van der Waals surface area contributed by atoms with Gasteiger partial charge in [0.1, 0.15) is 5.82 Å². The third-order valence-electron chi connectivity index (χ3n) is 5.67. The molecule has 6 nitrogen and oxygen atoms in total. The number of morpholine rings is 1. The van der Waals surface area contributed by atoms with E-state index in [2.05, 4.69) is 40.3 Å². The van der Waals surface area contributed by atoms with Crippen molar-refractivity contribution >= 4 is 11.8 Å². The summed E-state index contributed by atoms with van der Waals surface area (Å²) in [5.41, 5.74) is 3.55. The Hall–Kier alpha value is -2.60. The molecule has 2 aliphatic heterocycles. The van der Waals surface area contributed by atoms with Gasteiger partial charge in [-0.05, 0) is 37.0 Å². The van der Waals surface area contributed by atoms with Crippen LogP contribution in [-0.4, -0.2) is 48.8 Å². The Labute approximate surface area is 166 Å². The zero-order valence-corrected chi connectivity index (χ0v) is 16.4. The van der Waals surface area contributed by atoms with Gasteiger partial charge >= 0.3 is 6.03 Å². The van der Waals surface area contributed by atoms with Gasteiger partial charge in [-0.15, -0.1) is 0 Å². The van der Waals surface area contributed by atoms with Crippen LogP contribution in [0.5, 0.6) is 0 Å². The van der Waals surface area contributed by atoms with E-state index in [0.717, 1.165) is 43.9 Å². The zero-order valence-electron chi connectivity index (χ0n) is 16.4. The van der Waals surface area contributed by atoms with Gasteiger partial charge in [-0.3, -0.25) is 0 Å². The molecule has 4 rings (SSSR count). The second-order valence-electron chi connectivity index (χ2n) is 7.45. The van der Waals surface area contributed by atoms with Gasteiger partial charge in [-0.1, -0.05) is 30.3 Å². The predicted octanol–water partition coefficient (Wildman–Crippen LogP) is 3.27. The van der Waals surface area contributed by atoms with E-state index < -0.39 is 0 Å². The first kappa shape index (κ1) is 18.7. The van der Waals surface area contributed by atoms with Gasteiger partial charge in [0.2, 0.25) is 0 Å². The SMILES string of the molecule is Cc1ccccc1C1CCCN1C(=O)NCc1cccnc1N1CCOCC1. The summed E-state index contributed by atoms with van der Waals surface area (Å²) in [5.74, 6) is 0.947. The lowest BCUT2D eigenvalue weighted by Crippen LogP contribution is -2.40. The molecule has 148 valence electrons. The monoisotopic (exact) mass is 380 g/mol. The molecule has 0 radical (unpaired) electrons. The van der Waals surface area contributed by atoms with Gasteiger partial charge < -0.3 is 19.9 Å². The highest BCUT2D eigenvalue weighted by atomic mass is 16.5. The number of likely N-dealkylation sites (tertiary alicyclic amines) is 1. The maximum atomic E-state index is 13.0. The Balaban J connectivity index is 1.44. The molecular weight excluding hydrogens is 352 g/mol. The van der Waals surface area contributed by atoms with Gasteiger partial charge in [0.25, 0.3) is 0 Å². The smallest absolute Gasteiger partial charge is 0.318 e. The van der Waals surface area contributed by atoms with E-state index in [9.17, 15) is 4.79 Å². The molecule has 2 fully saturated rings. The van der Waals surface area contributed by atoms with Crippen molar-refractivity contribution in [3.05, 3.63) is 59.3 Å². The van der Waals surface area contributed by atoms with E-state index in [1.165, 1.54) is 11.1 Å². The molecular formula is C22H28N4O2. The third kappa shape index (κ3) is 3.97. The number of hydrogen-bond donors (Lipinski definition) is 1. The summed E-state index contributed by atoms with van der Waals surface area (Å²) < 4.78 is 5.44. The van der Waals surface area contributed by atoms with Crippen LogP contribution in [-0.2, 0) is 11.3 Å². The van der Waals surface area contributed by atoms with Crippen LogP contribution in [0.3, 0.4) is 0 Å². The Bertz CT molecular complexity index is 820. The van der Waals surface area contributed by atoms with Gasteiger partial charge in [-0.2, -0.15) is 0 Å². The number of rotatable bonds is 4. The Morgan fingerprint density at radius 2 is 2.00 bits per heavy atom. The van der Waals surface area contributed by atoms with Crippen molar-refractivity contribution in [1.82, 2.24) is 15.2 Å². The van der Waals surface area contributed by atoms with Crippen molar-refractivity contribution in [3.8, 4) is 0 Å². The molecule has 0 bridgehead atoms. The van der Waals surface area contributed by atoms with Crippen LogP contribution in [0.4, 0.5) is 10.6 Å². The van der Waals surface area contributed by atoms with Gasteiger partial charge in [0.05, 0.1) is 19.3 Å². The number of carbonyl (C=O) groups excluding carboxylic acids is 1. The standard InChI is InChI=1S/C22H28N4O2/c1-17-6-2-3-8-19(17)20-9-5-11-26(20)22(27)24-16-18-7-4-10-23-21(18)25-12-14-28-15-13-25/h2-4,6-8,10,20H,5,9,11-16H2,1H3,(H,24,27). The van der Waals surface area contributed by atoms with Crippen LogP contribution < -0.4 is 10.2 Å². The quantitative estimate of drug-likeness (QED) is 0.884. The minimum atomic E-state index is 0.00235. The van der Waals surface area contributed by atoms with Gasteiger partial charge in [0, 0.05) is 37.9 Å². The molecule has 1 N–H and O–H groups in total.